The van der Waals surface area contributed by atoms with Gasteiger partial charge in [0.15, 0.2) is 16.6 Å². The third-order valence-corrected chi connectivity index (χ3v) is 5.67. The summed E-state index contributed by atoms with van der Waals surface area (Å²) in [6, 6.07) is 7.88. The number of hydrogen-bond donors (Lipinski definition) is 1. The molecule has 1 aromatic carbocycles. The molecule has 1 N–H and O–H groups in total. The Labute approximate surface area is 161 Å². The average molecular weight is 383 g/mol. The van der Waals surface area contributed by atoms with Crippen molar-refractivity contribution in [2.24, 2.45) is 0 Å². The van der Waals surface area contributed by atoms with Crippen molar-refractivity contribution in [2.45, 2.75) is 25.3 Å². The van der Waals surface area contributed by atoms with Gasteiger partial charge in [-0.25, -0.2) is 4.98 Å². The van der Waals surface area contributed by atoms with Gasteiger partial charge in [0, 0.05) is 17.8 Å². The number of carbonyl (C=O) groups excluding carboxylic acids is 1. The van der Waals surface area contributed by atoms with Crippen LogP contribution in [0.4, 0.5) is 0 Å². The lowest BCUT2D eigenvalue weighted by atomic mass is 10.1. The second-order valence-electron chi connectivity index (χ2n) is 6.45. The van der Waals surface area contributed by atoms with E-state index in [0.29, 0.717) is 5.75 Å². The van der Waals surface area contributed by atoms with Gasteiger partial charge in [-0.2, -0.15) is 0 Å². The number of rotatable bonds is 6. The van der Waals surface area contributed by atoms with Crippen molar-refractivity contribution < 1.29 is 14.3 Å². The van der Waals surface area contributed by atoms with E-state index >= 15 is 0 Å². The summed E-state index contributed by atoms with van der Waals surface area (Å²) in [7, 11) is 3.26. The number of methoxy groups -OCH3 is 2. The Hall–Kier alpha value is -2.80. The van der Waals surface area contributed by atoms with Gasteiger partial charge in [0.05, 0.1) is 32.4 Å². The maximum atomic E-state index is 12.5. The van der Waals surface area contributed by atoms with Crippen LogP contribution < -0.4 is 14.8 Å². The first-order chi connectivity index (χ1) is 13.2. The van der Waals surface area contributed by atoms with Crippen LogP contribution in [0.3, 0.4) is 0 Å². The fourth-order valence-corrected chi connectivity index (χ4v) is 4.24. The predicted octanol–water partition coefficient (Wildman–Crippen LogP) is 3.30. The summed E-state index contributed by atoms with van der Waals surface area (Å²) in [5, 5.41) is 5.94. The minimum atomic E-state index is -0.0213. The molecule has 7 heteroatoms. The average Bonchev–Trinajstić information content (AvgIpc) is 3.41. The Balaban J connectivity index is 1.44. The lowest BCUT2D eigenvalue weighted by Gasteiger charge is -2.16. The maximum Gasteiger partial charge on any atom is 0.226 e. The van der Waals surface area contributed by atoms with Crippen molar-refractivity contribution in [2.75, 3.05) is 14.2 Å². The maximum absolute atomic E-state index is 12.5. The zero-order valence-electron chi connectivity index (χ0n) is 15.3. The number of nitrogens with one attached hydrogen (secondary N) is 1. The molecule has 0 fully saturated rings. The first kappa shape index (κ1) is 17.6. The Morgan fingerprint density at radius 1 is 1.26 bits per heavy atom. The smallest absolute Gasteiger partial charge is 0.226 e. The third kappa shape index (κ3) is 3.55. The fraction of sp³-hybridized carbons (Fsp3) is 0.300. The van der Waals surface area contributed by atoms with Gasteiger partial charge in [-0.1, -0.05) is 0 Å². The molecular formula is C20H21N3O3S. The molecule has 4 rings (SSSR count). The van der Waals surface area contributed by atoms with E-state index in [2.05, 4.69) is 10.3 Å². The molecule has 140 valence electrons. The Bertz CT molecular complexity index is 950. The van der Waals surface area contributed by atoms with Crippen molar-refractivity contribution in [1.29, 1.82) is 0 Å². The quantitative estimate of drug-likeness (QED) is 0.709. The van der Waals surface area contributed by atoms with Gasteiger partial charge in [-0.3, -0.25) is 4.79 Å². The number of benzene rings is 1. The van der Waals surface area contributed by atoms with Crippen LogP contribution in [0.25, 0.3) is 5.13 Å². The van der Waals surface area contributed by atoms with E-state index in [4.69, 9.17) is 9.47 Å². The van der Waals surface area contributed by atoms with Gasteiger partial charge in [-0.05, 0) is 48.2 Å². The van der Waals surface area contributed by atoms with Crippen molar-refractivity contribution in [1.82, 2.24) is 14.9 Å². The van der Waals surface area contributed by atoms with E-state index in [-0.39, 0.29) is 18.4 Å². The number of nitrogens with zero attached hydrogens (tertiary/aromatic N) is 2. The number of thiazole rings is 1. The number of aryl methyl sites for hydroxylation is 1. The van der Waals surface area contributed by atoms with Gasteiger partial charge in [0.2, 0.25) is 5.91 Å². The minimum Gasteiger partial charge on any atom is -0.493 e. The number of aromatic nitrogens is 2. The minimum absolute atomic E-state index is 0.00476. The van der Waals surface area contributed by atoms with Crippen LogP contribution in [0.5, 0.6) is 11.5 Å². The first-order valence-corrected chi connectivity index (χ1v) is 9.68. The number of fused-ring (bicyclic) bond motifs is 1. The SMILES string of the molecule is COc1cc2c(cc1OC)[C@H](NC(=O)Cc1csc(-n3cccc3)n1)CC2. The van der Waals surface area contributed by atoms with E-state index in [1.165, 1.54) is 16.9 Å². The summed E-state index contributed by atoms with van der Waals surface area (Å²) in [4.78, 5) is 17.1. The molecule has 0 spiro atoms. The van der Waals surface area contributed by atoms with Crippen LogP contribution in [-0.2, 0) is 17.6 Å². The van der Waals surface area contributed by atoms with E-state index < -0.39 is 0 Å². The van der Waals surface area contributed by atoms with Crippen molar-refractivity contribution in [3.05, 3.63) is 58.9 Å². The molecular weight excluding hydrogens is 362 g/mol. The molecule has 27 heavy (non-hydrogen) atoms. The summed E-state index contributed by atoms with van der Waals surface area (Å²) in [6.07, 6.45) is 5.95. The zero-order chi connectivity index (χ0) is 18.8. The number of ether oxygens (including phenoxy) is 2. The van der Waals surface area contributed by atoms with Gasteiger partial charge >= 0.3 is 0 Å². The van der Waals surface area contributed by atoms with Crippen LogP contribution in [0.1, 0.15) is 29.3 Å². The monoisotopic (exact) mass is 383 g/mol. The molecule has 3 aromatic rings. The van der Waals surface area contributed by atoms with E-state index in [1.807, 2.05) is 46.6 Å². The molecule has 0 saturated carbocycles. The molecule has 0 radical (unpaired) electrons. The third-order valence-electron chi connectivity index (χ3n) is 4.77. The predicted molar refractivity (Wildman–Crippen MR) is 104 cm³/mol. The van der Waals surface area contributed by atoms with Gasteiger partial charge < -0.3 is 19.4 Å². The highest BCUT2D eigenvalue weighted by Gasteiger charge is 2.26. The number of hydrogen-bond acceptors (Lipinski definition) is 5. The van der Waals surface area contributed by atoms with Crippen LogP contribution in [0.2, 0.25) is 0 Å². The van der Waals surface area contributed by atoms with E-state index in [0.717, 1.165) is 35.0 Å². The molecule has 0 aliphatic heterocycles. The molecule has 6 nitrogen and oxygen atoms in total. The van der Waals surface area contributed by atoms with Crippen molar-refractivity contribution in [3.63, 3.8) is 0 Å². The van der Waals surface area contributed by atoms with E-state index in [1.54, 1.807) is 14.2 Å². The van der Waals surface area contributed by atoms with Gasteiger partial charge in [0.1, 0.15) is 0 Å². The highest BCUT2D eigenvalue weighted by Crippen LogP contribution is 2.39. The normalized spacial score (nSPS) is 15.4. The zero-order valence-corrected chi connectivity index (χ0v) is 16.1. The van der Waals surface area contributed by atoms with Crippen LogP contribution in [0, 0.1) is 0 Å². The molecule has 1 aliphatic rings. The lowest BCUT2D eigenvalue weighted by molar-refractivity contribution is -0.121. The van der Waals surface area contributed by atoms with E-state index in [9.17, 15) is 4.79 Å². The van der Waals surface area contributed by atoms with Crippen LogP contribution in [0.15, 0.2) is 42.0 Å². The molecule has 0 bridgehead atoms. The Kier molecular flexibility index (Phi) is 4.85. The topological polar surface area (TPSA) is 65.4 Å². The molecule has 1 amide bonds. The highest BCUT2D eigenvalue weighted by atomic mass is 32.1. The molecule has 1 atom stereocenters. The molecule has 0 unspecified atom stereocenters. The van der Waals surface area contributed by atoms with Gasteiger partial charge in [-0.15, -0.1) is 11.3 Å². The number of amides is 1. The second-order valence-corrected chi connectivity index (χ2v) is 7.29. The fourth-order valence-electron chi connectivity index (χ4n) is 3.45. The number of carbonyl (C=O) groups is 1. The molecule has 2 heterocycles. The largest absolute Gasteiger partial charge is 0.493 e. The van der Waals surface area contributed by atoms with Crippen molar-refractivity contribution >= 4 is 17.2 Å². The first-order valence-electron chi connectivity index (χ1n) is 8.80. The van der Waals surface area contributed by atoms with Crippen LogP contribution in [-0.4, -0.2) is 29.7 Å². The summed E-state index contributed by atoms with van der Waals surface area (Å²) in [6.45, 7) is 0. The summed E-state index contributed by atoms with van der Waals surface area (Å²) < 4.78 is 12.7. The Morgan fingerprint density at radius 3 is 2.74 bits per heavy atom. The second kappa shape index (κ2) is 7.44. The summed E-state index contributed by atoms with van der Waals surface area (Å²) >= 11 is 1.53. The molecule has 0 saturated heterocycles. The summed E-state index contributed by atoms with van der Waals surface area (Å²) in [5.74, 6) is 1.39. The Morgan fingerprint density at radius 2 is 2.00 bits per heavy atom. The molecule has 1 aliphatic carbocycles. The van der Waals surface area contributed by atoms with Crippen LogP contribution >= 0.6 is 11.3 Å². The summed E-state index contributed by atoms with van der Waals surface area (Å²) in [5.41, 5.74) is 3.08. The highest BCUT2D eigenvalue weighted by molar-refractivity contribution is 7.12. The van der Waals surface area contributed by atoms with Crippen molar-refractivity contribution in [3.8, 4) is 16.6 Å². The van der Waals surface area contributed by atoms with Gasteiger partial charge in [0.25, 0.3) is 0 Å². The molecule has 2 aromatic heterocycles. The standard InChI is InChI=1S/C20H21N3O3S/c1-25-17-9-13-5-6-16(15(13)11-18(17)26-2)22-19(24)10-14-12-27-20(21-14)23-7-3-4-8-23/h3-4,7-9,11-12,16H,5-6,10H2,1-2H3,(H,22,24)/t16-/m1/s1. The lowest BCUT2D eigenvalue weighted by Crippen LogP contribution is -2.28.